The molecule has 0 radical (unpaired) electrons. The van der Waals surface area contributed by atoms with Crippen molar-refractivity contribution in [3.63, 3.8) is 0 Å². The van der Waals surface area contributed by atoms with Gasteiger partial charge >= 0.3 is 23.9 Å². The van der Waals surface area contributed by atoms with Crippen LogP contribution in [-0.2, 0) is 109 Å². The van der Waals surface area contributed by atoms with Gasteiger partial charge in [-0.1, -0.05) is 74.4 Å². The summed E-state index contributed by atoms with van der Waals surface area (Å²) in [6.45, 7) is 6.61. The fourth-order valence-corrected chi connectivity index (χ4v) is 16.1. The van der Waals surface area contributed by atoms with Gasteiger partial charge in [0.15, 0.2) is 0 Å². The van der Waals surface area contributed by atoms with E-state index in [0.717, 1.165) is 11.1 Å². The first-order valence-electron chi connectivity index (χ1n) is 41.9. The number of unbranched alkanes of at least 4 members (excludes halogenated alkanes) is 1. The second-order valence-corrected chi connectivity index (χ2v) is 32.7. The van der Waals surface area contributed by atoms with E-state index >= 15 is 4.79 Å². The SMILES string of the molecule is CCCC[C@H](NC(=O)CCC(=O)NCCCOCCOCCOCCCNC(=O)CN1CCN(CC(=O)O)CCN(CC(=O)O)CCN(CC(=O)O)CC1)C(=O)N[C@H]1CSCc2cccc(c2)CSC[C@@H](C(=O)NCCC(=O)O)NC(=O)C(Cc2ccccc2)NC(=O)[C@H](CCC(N)=O)NC(=O)[C@H]([C@@H](C)O)NC(=O)[C@@H]2CCCN2C(=O)[C@@H]2CCCN2C1=O. The van der Waals surface area contributed by atoms with Crippen LogP contribution in [0.5, 0.6) is 0 Å². The van der Waals surface area contributed by atoms with Gasteiger partial charge in [-0.15, -0.1) is 0 Å². The van der Waals surface area contributed by atoms with Gasteiger partial charge in [-0.2, -0.15) is 23.5 Å². The minimum atomic E-state index is -1.77. The van der Waals surface area contributed by atoms with E-state index in [2.05, 4.69) is 47.9 Å². The quantitative estimate of drug-likeness (QED) is 0.0296. The number of aliphatic carboxylic acids is 4. The first kappa shape index (κ1) is 102. The monoisotopic (exact) mass is 1770 g/mol. The molecule has 0 saturated carbocycles. The molecule has 3 saturated heterocycles. The molecule has 123 heavy (non-hydrogen) atoms. The number of primary amides is 1. The average Bonchev–Trinajstić information content (AvgIpc) is 1.66. The van der Waals surface area contributed by atoms with Crippen molar-refractivity contribution in [3.8, 4) is 0 Å². The highest BCUT2D eigenvalue weighted by Gasteiger charge is 2.45. The van der Waals surface area contributed by atoms with E-state index in [1.807, 2.05) is 36.1 Å². The van der Waals surface area contributed by atoms with E-state index in [9.17, 15) is 97.5 Å². The molecule has 684 valence electrons. The maximum Gasteiger partial charge on any atom is 0.317 e. The Morgan fingerprint density at radius 3 is 1.58 bits per heavy atom. The minimum Gasteiger partial charge on any atom is -0.481 e. The molecule has 2 aromatic carbocycles. The summed E-state index contributed by atoms with van der Waals surface area (Å²) in [7, 11) is 0. The van der Waals surface area contributed by atoms with Crippen LogP contribution in [0.3, 0.4) is 0 Å². The Hall–Kier alpha value is -9.66. The number of aliphatic hydroxyl groups is 1. The summed E-state index contributed by atoms with van der Waals surface area (Å²) < 4.78 is 16.9. The van der Waals surface area contributed by atoms with Gasteiger partial charge in [0.2, 0.25) is 70.9 Å². The predicted molar refractivity (Wildman–Crippen MR) is 450 cm³/mol. The fraction of sp³-hybridized carbons (Fsp3) is 0.654. The molecule has 0 aromatic heterocycles. The lowest BCUT2D eigenvalue weighted by Gasteiger charge is -2.34. The number of nitrogens with zero attached hydrogens (tertiary/aromatic N) is 6. The number of hydrogen-bond acceptors (Lipinski definition) is 26. The lowest BCUT2D eigenvalue weighted by molar-refractivity contribution is -0.148. The maximum absolute atomic E-state index is 15.2. The number of carbonyl (C=O) groups is 16. The van der Waals surface area contributed by atoms with Crippen LogP contribution in [0.25, 0.3) is 0 Å². The Bertz CT molecular complexity index is 3770. The summed E-state index contributed by atoms with van der Waals surface area (Å²) in [4.78, 5) is 224. The number of ether oxygens (including phenoxy) is 3. The van der Waals surface area contributed by atoms with Crippen molar-refractivity contribution in [1.82, 2.24) is 77.3 Å². The summed E-state index contributed by atoms with van der Waals surface area (Å²) >= 11 is 2.55. The van der Waals surface area contributed by atoms with Gasteiger partial charge in [0.25, 0.3) is 0 Å². The molecule has 42 heteroatoms. The number of carboxylic acid groups (broad SMARTS) is 4. The van der Waals surface area contributed by atoms with Gasteiger partial charge in [-0.05, 0) is 75.0 Å². The van der Waals surface area contributed by atoms with Gasteiger partial charge in [-0.25, -0.2) is 0 Å². The second-order valence-electron chi connectivity index (χ2n) is 30.6. The highest BCUT2D eigenvalue weighted by atomic mass is 32.2. The first-order chi connectivity index (χ1) is 59.0. The van der Waals surface area contributed by atoms with Crippen LogP contribution in [-0.4, -0.2) is 367 Å². The second kappa shape index (κ2) is 56.3. The number of rotatable bonds is 41. The van der Waals surface area contributed by atoms with Gasteiger partial charge in [0.1, 0.15) is 48.3 Å². The summed E-state index contributed by atoms with van der Waals surface area (Å²) in [6.07, 6.45) is -0.351. The van der Waals surface area contributed by atoms with E-state index in [4.69, 9.17) is 19.9 Å². The summed E-state index contributed by atoms with van der Waals surface area (Å²) in [5.41, 5.74) is 7.67. The number of thioether (sulfide) groups is 2. The normalized spacial score (nSPS) is 21.4. The van der Waals surface area contributed by atoms with E-state index in [0.29, 0.717) is 76.1 Å². The molecule has 3 fully saturated rings. The Morgan fingerprint density at radius 1 is 0.520 bits per heavy atom. The molecule has 0 spiro atoms. The van der Waals surface area contributed by atoms with Crippen LogP contribution in [0.1, 0.15) is 120 Å². The predicted octanol–water partition coefficient (Wildman–Crippen LogP) is -2.95. The van der Waals surface area contributed by atoms with Crippen molar-refractivity contribution < 1.29 is 116 Å². The number of hydrogen-bond donors (Lipinski definition) is 15. The minimum absolute atomic E-state index is 0.0126. The standard InChI is InChI=1S/C81H124N16O24S2/c1-3-4-17-58(86-67(101)23-22-66(100)83-25-11-38-119-40-42-121-43-41-120-39-12-26-84-68(102)46-92-30-32-93(47-70(105)106)34-36-95(49-72(109)110)37-35-94(33-31-92)48-71(107)108)75(112)90-62-53-123-51-57-16-8-15-56(44-57)50-122-52-61(74(111)85-27-24-69(103)104)89-77(114)60(45-55-13-6-5-7-14-55)88-76(113)59(20-21-65(82)99)87-79(116)73(54(2)98)91-78(115)63-18-9-28-96(63)81(118)64-19-10-29-97(64)80(62)117/h5-8,13-16,44,54,58-64,73,98H,3-4,9-12,17-43,45-53H2,1-2H3,(H2,82,99)(H,83,100)(H,84,102)(H,85,111)(H,86,101)(H,87,116)(H,88,113)(H,89,114)(H,90,112)(H,91,115)(H,103,104)(H,105,106)(H,107,108)(H,109,110)/t54-,58+,59+,60?,61+,62+,63+,64+,73+/m1/s1. The molecule has 4 heterocycles. The fourth-order valence-electron chi connectivity index (χ4n) is 14.2. The van der Waals surface area contributed by atoms with E-state index in [1.54, 1.807) is 45.0 Å². The topological polar surface area (TPSA) is 556 Å². The molecule has 0 aliphatic carbocycles. The Morgan fingerprint density at radius 2 is 1.03 bits per heavy atom. The number of carboxylic acids is 4. The smallest absolute Gasteiger partial charge is 0.317 e. The molecule has 40 nitrogen and oxygen atoms in total. The molecule has 4 aliphatic heterocycles. The molecule has 4 aliphatic rings. The largest absolute Gasteiger partial charge is 0.481 e. The molecule has 9 atom stereocenters. The molecule has 6 rings (SSSR count). The zero-order valence-corrected chi connectivity index (χ0v) is 71.8. The summed E-state index contributed by atoms with van der Waals surface area (Å²) in [5.74, 6) is -12.4. The van der Waals surface area contributed by atoms with Crippen molar-refractivity contribution >= 4 is 118 Å². The number of amides is 12. The van der Waals surface area contributed by atoms with E-state index in [1.165, 1.54) is 40.2 Å². The summed E-state index contributed by atoms with van der Waals surface area (Å²) in [5, 5.41) is 73.2. The number of nitrogens with one attached hydrogen (secondary N) is 9. The molecular weight excluding hydrogens is 1650 g/mol. The Kier molecular flexibility index (Phi) is 46.7. The molecule has 12 amide bonds. The average molecular weight is 1770 g/mol. The Labute approximate surface area is 724 Å². The van der Waals surface area contributed by atoms with Crippen molar-refractivity contribution in [2.75, 3.05) is 162 Å². The number of benzene rings is 2. The lowest BCUT2D eigenvalue weighted by atomic mass is 10.0. The highest BCUT2D eigenvalue weighted by Crippen LogP contribution is 2.28. The highest BCUT2D eigenvalue weighted by molar-refractivity contribution is 7.98. The third kappa shape index (κ3) is 39.4. The maximum atomic E-state index is 15.2. The molecular formula is C81H124N16O24S2. The van der Waals surface area contributed by atoms with Crippen LogP contribution >= 0.6 is 23.5 Å². The lowest BCUT2D eigenvalue weighted by Crippen LogP contribution is -2.62. The van der Waals surface area contributed by atoms with Crippen LogP contribution in [0.15, 0.2) is 54.6 Å². The molecule has 2 bridgehead atoms. The van der Waals surface area contributed by atoms with Crippen molar-refractivity contribution in [2.45, 2.75) is 176 Å². The number of carbonyl (C=O) groups excluding carboxylic acids is 12. The zero-order valence-electron chi connectivity index (χ0n) is 70.2. The van der Waals surface area contributed by atoms with Crippen LogP contribution in [0.2, 0.25) is 0 Å². The molecule has 2 aromatic rings. The Balaban J connectivity index is 1.02. The van der Waals surface area contributed by atoms with Crippen LogP contribution in [0.4, 0.5) is 0 Å². The number of aliphatic hydroxyl groups excluding tert-OH is 1. The van der Waals surface area contributed by atoms with Gasteiger partial charge in [0.05, 0.1) is 65.1 Å². The van der Waals surface area contributed by atoms with Crippen LogP contribution in [0, 0.1) is 0 Å². The third-order valence-electron chi connectivity index (χ3n) is 20.7. The first-order valence-corrected chi connectivity index (χ1v) is 44.2. The van der Waals surface area contributed by atoms with Crippen molar-refractivity contribution in [2.24, 2.45) is 5.73 Å². The van der Waals surface area contributed by atoms with Gasteiger partial charge in [-0.3, -0.25) is 96.3 Å². The zero-order chi connectivity index (χ0) is 89.6. The molecule has 1 unspecified atom stereocenters. The summed E-state index contributed by atoms with van der Waals surface area (Å²) in [6, 6.07) is 5.04. The van der Waals surface area contributed by atoms with Gasteiger partial charge in [0, 0.05) is 147 Å². The van der Waals surface area contributed by atoms with E-state index < -0.39 is 163 Å². The van der Waals surface area contributed by atoms with Crippen molar-refractivity contribution in [1.29, 1.82) is 0 Å². The number of nitrogens with two attached hydrogens (primary N) is 1. The van der Waals surface area contributed by atoms with Crippen molar-refractivity contribution in [3.05, 3.63) is 71.3 Å². The van der Waals surface area contributed by atoms with Crippen LogP contribution < -0.4 is 53.6 Å². The molecule has 16 N–H and O–H groups in total. The number of fused-ring (bicyclic) bond motifs is 4. The van der Waals surface area contributed by atoms with E-state index in [-0.39, 0.29) is 186 Å². The van der Waals surface area contributed by atoms with Gasteiger partial charge < -0.3 is 103 Å². The third-order valence-corrected chi connectivity index (χ3v) is 22.9.